The quantitative estimate of drug-likeness (QED) is 0.859. The first-order valence-corrected chi connectivity index (χ1v) is 6.12. The van der Waals surface area contributed by atoms with Crippen LogP contribution < -0.4 is 10.5 Å². The van der Waals surface area contributed by atoms with Crippen LogP contribution in [0.3, 0.4) is 0 Å². The SMILES string of the molecule is COc1cccc2c1cc(C(CN)CC(=O)O)n2C. The predicted octanol–water partition coefficient (Wildman–Crippen LogP) is 1.70. The molecular weight excluding hydrogens is 244 g/mol. The fourth-order valence-electron chi connectivity index (χ4n) is 2.44. The number of hydrogen-bond acceptors (Lipinski definition) is 3. The Labute approximate surface area is 111 Å². The molecule has 1 atom stereocenters. The first kappa shape index (κ1) is 13.4. The molecule has 2 rings (SSSR count). The maximum absolute atomic E-state index is 10.9. The van der Waals surface area contributed by atoms with Crippen LogP contribution in [0.15, 0.2) is 24.3 Å². The molecule has 5 heteroatoms. The van der Waals surface area contributed by atoms with E-state index in [1.807, 2.05) is 35.9 Å². The molecule has 2 aromatic rings. The summed E-state index contributed by atoms with van der Waals surface area (Å²) in [6, 6.07) is 7.75. The second-order valence-corrected chi connectivity index (χ2v) is 4.55. The van der Waals surface area contributed by atoms with Crippen molar-refractivity contribution in [3.05, 3.63) is 30.0 Å². The zero-order chi connectivity index (χ0) is 14.0. The van der Waals surface area contributed by atoms with Gasteiger partial charge in [0.05, 0.1) is 19.0 Å². The first-order chi connectivity index (χ1) is 9.08. The molecule has 5 nitrogen and oxygen atoms in total. The van der Waals surface area contributed by atoms with Crippen LogP contribution in [-0.2, 0) is 11.8 Å². The average molecular weight is 262 g/mol. The second-order valence-electron chi connectivity index (χ2n) is 4.55. The molecule has 0 amide bonds. The Morgan fingerprint density at radius 1 is 1.53 bits per heavy atom. The fraction of sp³-hybridized carbons (Fsp3) is 0.357. The molecule has 3 N–H and O–H groups in total. The van der Waals surface area contributed by atoms with E-state index in [-0.39, 0.29) is 12.3 Å². The molecule has 0 aliphatic heterocycles. The smallest absolute Gasteiger partial charge is 0.304 e. The van der Waals surface area contributed by atoms with E-state index in [1.54, 1.807) is 7.11 Å². The summed E-state index contributed by atoms with van der Waals surface area (Å²) in [6.45, 7) is 0.304. The molecule has 0 aliphatic carbocycles. The number of benzene rings is 1. The Morgan fingerprint density at radius 3 is 2.84 bits per heavy atom. The third-order valence-corrected chi connectivity index (χ3v) is 3.43. The molecule has 0 bridgehead atoms. The molecule has 0 radical (unpaired) electrons. The van der Waals surface area contributed by atoms with Gasteiger partial charge >= 0.3 is 5.97 Å². The average Bonchev–Trinajstić information content (AvgIpc) is 2.73. The Morgan fingerprint density at radius 2 is 2.26 bits per heavy atom. The highest BCUT2D eigenvalue weighted by molar-refractivity contribution is 5.87. The lowest BCUT2D eigenvalue weighted by atomic mass is 10.0. The van der Waals surface area contributed by atoms with Gasteiger partial charge in [0.25, 0.3) is 0 Å². The van der Waals surface area contributed by atoms with E-state index in [1.165, 1.54) is 0 Å². The molecule has 1 heterocycles. The van der Waals surface area contributed by atoms with Crippen molar-refractivity contribution in [3.63, 3.8) is 0 Å². The number of aryl methyl sites for hydroxylation is 1. The van der Waals surface area contributed by atoms with Crippen molar-refractivity contribution in [2.24, 2.45) is 12.8 Å². The van der Waals surface area contributed by atoms with Crippen molar-refractivity contribution in [2.45, 2.75) is 12.3 Å². The van der Waals surface area contributed by atoms with Crippen molar-refractivity contribution < 1.29 is 14.6 Å². The standard InChI is InChI=1S/C14H18N2O3/c1-16-11-4-3-5-13(19-2)10(11)7-12(16)9(8-15)6-14(17)18/h3-5,7,9H,6,8,15H2,1-2H3,(H,17,18). The first-order valence-electron chi connectivity index (χ1n) is 6.12. The topological polar surface area (TPSA) is 77.5 Å². The highest BCUT2D eigenvalue weighted by atomic mass is 16.5. The van der Waals surface area contributed by atoms with Gasteiger partial charge in [-0.15, -0.1) is 0 Å². The van der Waals surface area contributed by atoms with Crippen LogP contribution >= 0.6 is 0 Å². The molecule has 0 saturated heterocycles. The van der Waals surface area contributed by atoms with Crippen LogP contribution in [0, 0.1) is 0 Å². The third-order valence-electron chi connectivity index (χ3n) is 3.43. The van der Waals surface area contributed by atoms with Gasteiger partial charge in [0.15, 0.2) is 0 Å². The summed E-state index contributed by atoms with van der Waals surface area (Å²) >= 11 is 0. The fourth-order valence-corrected chi connectivity index (χ4v) is 2.44. The Hall–Kier alpha value is -2.01. The van der Waals surface area contributed by atoms with Gasteiger partial charge < -0.3 is 20.1 Å². The molecule has 0 aliphatic rings. The Bertz CT molecular complexity index is 604. The van der Waals surface area contributed by atoms with E-state index in [2.05, 4.69) is 0 Å². The molecule has 1 aromatic heterocycles. The molecular formula is C14H18N2O3. The number of aliphatic carboxylic acids is 1. The molecule has 102 valence electrons. The van der Waals surface area contributed by atoms with Crippen molar-refractivity contribution in [1.82, 2.24) is 4.57 Å². The van der Waals surface area contributed by atoms with Gasteiger partial charge in [-0.1, -0.05) is 6.07 Å². The van der Waals surface area contributed by atoms with Crippen molar-refractivity contribution >= 4 is 16.9 Å². The van der Waals surface area contributed by atoms with Crippen molar-refractivity contribution in [2.75, 3.05) is 13.7 Å². The molecule has 0 fully saturated rings. The summed E-state index contributed by atoms with van der Waals surface area (Å²) in [5.41, 5.74) is 7.64. The zero-order valence-electron chi connectivity index (χ0n) is 11.1. The molecule has 1 unspecified atom stereocenters. The van der Waals surface area contributed by atoms with Gasteiger partial charge in [0, 0.05) is 30.6 Å². The maximum atomic E-state index is 10.9. The van der Waals surface area contributed by atoms with E-state index in [4.69, 9.17) is 15.6 Å². The highest BCUT2D eigenvalue weighted by Crippen LogP contribution is 2.31. The minimum Gasteiger partial charge on any atom is -0.496 e. The van der Waals surface area contributed by atoms with Gasteiger partial charge in [-0.05, 0) is 18.2 Å². The van der Waals surface area contributed by atoms with Gasteiger partial charge in [0.2, 0.25) is 0 Å². The van der Waals surface area contributed by atoms with E-state index < -0.39 is 5.97 Å². The van der Waals surface area contributed by atoms with Crippen LogP contribution in [0.4, 0.5) is 0 Å². The molecule has 1 aromatic carbocycles. The van der Waals surface area contributed by atoms with Crippen molar-refractivity contribution in [1.29, 1.82) is 0 Å². The number of fused-ring (bicyclic) bond motifs is 1. The molecule has 0 spiro atoms. The van der Waals surface area contributed by atoms with Crippen LogP contribution in [0.25, 0.3) is 10.9 Å². The number of carboxylic acid groups (broad SMARTS) is 1. The van der Waals surface area contributed by atoms with Crippen molar-refractivity contribution in [3.8, 4) is 5.75 Å². The number of ether oxygens (including phenoxy) is 1. The third kappa shape index (κ3) is 2.42. The Kier molecular flexibility index (Phi) is 3.76. The summed E-state index contributed by atoms with van der Waals surface area (Å²) in [4.78, 5) is 10.9. The summed E-state index contributed by atoms with van der Waals surface area (Å²) in [5.74, 6) is -0.252. The lowest BCUT2D eigenvalue weighted by molar-refractivity contribution is -0.137. The summed E-state index contributed by atoms with van der Waals surface area (Å²) < 4.78 is 7.31. The monoisotopic (exact) mass is 262 g/mol. The number of carbonyl (C=O) groups is 1. The van der Waals surface area contributed by atoms with Crippen LogP contribution in [0.2, 0.25) is 0 Å². The van der Waals surface area contributed by atoms with Gasteiger partial charge in [-0.25, -0.2) is 0 Å². The number of rotatable bonds is 5. The van der Waals surface area contributed by atoms with Crippen LogP contribution in [0.5, 0.6) is 5.75 Å². The number of hydrogen-bond donors (Lipinski definition) is 2. The lowest BCUT2D eigenvalue weighted by Crippen LogP contribution is -2.18. The highest BCUT2D eigenvalue weighted by Gasteiger charge is 2.19. The van der Waals surface area contributed by atoms with Gasteiger partial charge in [-0.3, -0.25) is 4.79 Å². The number of carboxylic acids is 1. The predicted molar refractivity (Wildman–Crippen MR) is 73.5 cm³/mol. The molecule has 19 heavy (non-hydrogen) atoms. The number of nitrogens with zero attached hydrogens (tertiary/aromatic N) is 1. The van der Waals surface area contributed by atoms with E-state index >= 15 is 0 Å². The maximum Gasteiger partial charge on any atom is 0.304 e. The summed E-state index contributed by atoms with van der Waals surface area (Å²) in [7, 11) is 3.54. The number of aromatic nitrogens is 1. The zero-order valence-corrected chi connectivity index (χ0v) is 11.1. The van der Waals surface area contributed by atoms with E-state index in [0.29, 0.717) is 6.54 Å². The van der Waals surface area contributed by atoms with E-state index in [0.717, 1.165) is 22.3 Å². The number of nitrogens with two attached hydrogens (primary N) is 1. The van der Waals surface area contributed by atoms with Crippen LogP contribution in [-0.4, -0.2) is 29.3 Å². The van der Waals surface area contributed by atoms with E-state index in [9.17, 15) is 4.79 Å². The second kappa shape index (κ2) is 5.32. The Balaban J connectivity index is 2.54. The van der Waals surface area contributed by atoms with Gasteiger partial charge in [-0.2, -0.15) is 0 Å². The minimum atomic E-state index is -0.840. The molecule has 0 saturated carbocycles. The summed E-state index contributed by atoms with van der Waals surface area (Å²) in [6.07, 6.45) is 0.0307. The minimum absolute atomic E-state index is 0.0307. The summed E-state index contributed by atoms with van der Waals surface area (Å²) in [5, 5.41) is 9.93. The lowest BCUT2D eigenvalue weighted by Gasteiger charge is -2.13. The number of methoxy groups -OCH3 is 1. The van der Waals surface area contributed by atoms with Crippen LogP contribution in [0.1, 0.15) is 18.0 Å². The van der Waals surface area contributed by atoms with Gasteiger partial charge in [0.1, 0.15) is 5.75 Å². The largest absolute Gasteiger partial charge is 0.496 e. The normalized spacial score (nSPS) is 12.6.